The number of amides is 1. The van der Waals surface area contributed by atoms with E-state index in [2.05, 4.69) is 31.7 Å². The minimum absolute atomic E-state index is 0.0176. The van der Waals surface area contributed by atoms with E-state index in [-0.39, 0.29) is 48.1 Å². The van der Waals surface area contributed by atoms with Crippen LogP contribution in [0.5, 0.6) is 0 Å². The van der Waals surface area contributed by atoms with Gasteiger partial charge in [0, 0.05) is 52.9 Å². The van der Waals surface area contributed by atoms with Gasteiger partial charge in [-0.15, -0.1) is 0 Å². The number of epoxide rings is 2. The standard InChI is InChI=1S/C29H47F2N3O5/c1-20(2)5-6-23-28(3,39-23)26-25(36-4)22(7-10-29(26)19-37-29)38-27(35)34-11-8-21(9-12-34)17-32-13-15-33(16-14-32)18-24(30)31/h5,21-26H,6-19H2,1-4H3/t22-,23-,25-,26-,28+,29+/m1/s1. The van der Waals surface area contributed by atoms with Crippen molar-refractivity contribution in [1.82, 2.24) is 14.7 Å². The van der Waals surface area contributed by atoms with Crippen LogP contribution in [0.3, 0.4) is 0 Å². The summed E-state index contributed by atoms with van der Waals surface area (Å²) in [5.41, 5.74) is 0.693. The van der Waals surface area contributed by atoms with E-state index < -0.39 is 6.43 Å². The summed E-state index contributed by atoms with van der Waals surface area (Å²) in [5, 5.41) is 0. The smallest absolute Gasteiger partial charge is 0.410 e. The van der Waals surface area contributed by atoms with E-state index in [1.807, 2.05) is 9.80 Å². The van der Waals surface area contributed by atoms with Crippen LogP contribution in [0.25, 0.3) is 0 Å². The molecular weight excluding hydrogens is 508 g/mol. The first-order valence-electron chi connectivity index (χ1n) is 14.8. The number of allylic oxidation sites excluding steroid dienone is 1. The Balaban J connectivity index is 1.10. The second-order valence-electron chi connectivity index (χ2n) is 12.7. The van der Waals surface area contributed by atoms with E-state index in [4.69, 9.17) is 18.9 Å². The topological polar surface area (TPSA) is 70.3 Å². The van der Waals surface area contributed by atoms with Gasteiger partial charge in [0.15, 0.2) is 0 Å². The van der Waals surface area contributed by atoms with Gasteiger partial charge in [0.2, 0.25) is 0 Å². The highest BCUT2D eigenvalue weighted by Crippen LogP contribution is 2.59. The van der Waals surface area contributed by atoms with Crippen molar-refractivity contribution in [2.75, 3.05) is 66.1 Å². The molecule has 8 nitrogen and oxygen atoms in total. The van der Waals surface area contributed by atoms with E-state index in [0.29, 0.717) is 38.7 Å². The summed E-state index contributed by atoms with van der Waals surface area (Å²) in [6, 6.07) is 0. The Hall–Kier alpha value is -1.33. The van der Waals surface area contributed by atoms with Crippen molar-refractivity contribution in [3.05, 3.63) is 11.6 Å². The van der Waals surface area contributed by atoms with Gasteiger partial charge in [-0.05, 0) is 58.8 Å². The van der Waals surface area contributed by atoms with Crippen LogP contribution in [-0.4, -0.2) is 123 Å². The highest BCUT2D eigenvalue weighted by molar-refractivity contribution is 5.68. The second-order valence-corrected chi connectivity index (χ2v) is 12.7. The first-order valence-corrected chi connectivity index (χ1v) is 14.8. The summed E-state index contributed by atoms with van der Waals surface area (Å²) < 4.78 is 49.7. The predicted octanol–water partition coefficient (Wildman–Crippen LogP) is 3.79. The number of methoxy groups -OCH3 is 1. The van der Waals surface area contributed by atoms with Gasteiger partial charge in [0.25, 0.3) is 6.43 Å². The van der Waals surface area contributed by atoms with Crippen LogP contribution in [0.2, 0.25) is 0 Å². The molecular formula is C29H47F2N3O5. The van der Waals surface area contributed by atoms with E-state index >= 15 is 0 Å². The number of nitrogens with zero attached hydrogens (tertiary/aromatic N) is 3. The van der Waals surface area contributed by atoms with Crippen LogP contribution in [0.15, 0.2) is 11.6 Å². The number of carbonyl (C=O) groups is 1. The summed E-state index contributed by atoms with van der Waals surface area (Å²) in [4.78, 5) is 19.3. The molecule has 0 bridgehead atoms. The van der Waals surface area contributed by atoms with Gasteiger partial charge in [0.1, 0.15) is 23.4 Å². The van der Waals surface area contributed by atoms with Gasteiger partial charge in [0.05, 0.1) is 25.2 Å². The highest BCUT2D eigenvalue weighted by Gasteiger charge is 2.72. The molecule has 222 valence electrons. The number of piperazine rings is 1. The summed E-state index contributed by atoms with van der Waals surface area (Å²) in [6.45, 7) is 12.3. The molecule has 1 spiro atoms. The van der Waals surface area contributed by atoms with Crippen molar-refractivity contribution in [2.45, 2.75) is 88.8 Å². The van der Waals surface area contributed by atoms with Gasteiger partial charge in [-0.2, -0.15) is 0 Å². The Morgan fingerprint density at radius 3 is 2.33 bits per heavy atom. The van der Waals surface area contributed by atoms with Crippen LogP contribution in [-0.2, 0) is 18.9 Å². The van der Waals surface area contributed by atoms with E-state index in [0.717, 1.165) is 51.7 Å². The SMILES string of the molecule is CO[C@@H]1[C@H](OC(=O)N2CCC(CN3CCN(CC(F)F)CC3)CC2)CC[C@]2(CO2)[C@H]1[C@@]1(C)O[C@@H]1CC=C(C)C. The molecule has 1 amide bonds. The average Bonchev–Trinajstić information content (AvgIpc) is 3.82. The van der Waals surface area contributed by atoms with Gasteiger partial charge >= 0.3 is 6.09 Å². The molecule has 0 aromatic rings. The van der Waals surface area contributed by atoms with Crippen LogP contribution < -0.4 is 0 Å². The maximum atomic E-state index is 13.2. The molecule has 4 saturated heterocycles. The van der Waals surface area contributed by atoms with Gasteiger partial charge in [-0.3, -0.25) is 4.90 Å². The Labute approximate surface area is 231 Å². The quantitative estimate of drug-likeness (QED) is 0.317. The fourth-order valence-electron chi connectivity index (χ4n) is 7.29. The molecule has 0 N–H and O–H groups in total. The van der Waals surface area contributed by atoms with E-state index in [1.165, 1.54) is 5.57 Å². The Kier molecular flexibility index (Phi) is 8.89. The number of alkyl halides is 2. The van der Waals surface area contributed by atoms with Crippen molar-refractivity contribution >= 4 is 6.09 Å². The van der Waals surface area contributed by atoms with Gasteiger partial charge in [-0.25, -0.2) is 13.6 Å². The van der Waals surface area contributed by atoms with Crippen molar-refractivity contribution in [1.29, 1.82) is 0 Å². The molecule has 5 aliphatic rings. The van der Waals surface area contributed by atoms with Gasteiger partial charge < -0.3 is 28.7 Å². The average molecular weight is 556 g/mol. The molecule has 0 aromatic carbocycles. The number of ether oxygens (including phenoxy) is 4. The highest BCUT2D eigenvalue weighted by atomic mass is 19.3. The zero-order valence-corrected chi connectivity index (χ0v) is 24.1. The molecule has 5 rings (SSSR count). The third-order valence-electron chi connectivity index (χ3n) is 9.74. The largest absolute Gasteiger partial charge is 0.443 e. The lowest BCUT2D eigenvalue weighted by molar-refractivity contribution is -0.122. The van der Waals surface area contributed by atoms with Crippen molar-refractivity contribution in [3.8, 4) is 0 Å². The number of hydrogen-bond donors (Lipinski definition) is 0. The summed E-state index contributed by atoms with van der Waals surface area (Å²) in [6.07, 6.45) is 3.53. The molecule has 0 aromatic heterocycles. The van der Waals surface area contributed by atoms with E-state index in [1.54, 1.807) is 7.11 Å². The molecule has 5 fully saturated rings. The van der Waals surface area contributed by atoms with E-state index in [9.17, 15) is 13.6 Å². The number of hydrogen-bond acceptors (Lipinski definition) is 7. The molecule has 4 heterocycles. The fourth-order valence-corrected chi connectivity index (χ4v) is 7.29. The minimum Gasteiger partial charge on any atom is -0.443 e. The number of likely N-dealkylation sites (tertiary alicyclic amines) is 1. The van der Waals surface area contributed by atoms with Crippen molar-refractivity contribution < 1.29 is 32.5 Å². The first-order chi connectivity index (χ1) is 18.6. The zero-order valence-electron chi connectivity index (χ0n) is 24.1. The molecule has 39 heavy (non-hydrogen) atoms. The molecule has 10 heteroatoms. The number of halogens is 2. The number of piperidine rings is 1. The normalized spacial score (nSPS) is 37.8. The Morgan fingerprint density at radius 1 is 1.08 bits per heavy atom. The van der Waals surface area contributed by atoms with Crippen LogP contribution in [0.1, 0.15) is 52.9 Å². The number of rotatable bonds is 9. The molecule has 4 aliphatic heterocycles. The monoisotopic (exact) mass is 555 g/mol. The third-order valence-corrected chi connectivity index (χ3v) is 9.74. The van der Waals surface area contributed by atoms with Crippen LogP contribution in [0.4, 0.5) is 13.6 Å². The second kappa shape index (κ2) is 11.9. The summed E-state index contributed by atoms with van der Waals surface area (Å²) in [5.74, 6) is 0.530. The number of carbonyl (C=O) groups excluding carboxylic acids is 1. The third kappa shape index (κ3) is 6.61. The maximum Gasteiger partial charge on any atom is 0.410 e. The lowest BCUT2D eigenvalue weighted by atomic mass is 9.68. The first kappa shape index (κ1) is 29.2. The van der Waals surface area contributed by atoms with Gasteiger partial charge in [-0.1, -0.05) is 11.6 Å². The van der Waals surface area contributed by atoms with Crippen molar-refractivity contribution in [2.24, 2.45) is 11.8 Å². The molecule has 0 unspecified atom stereocenters. The summed E-state index contributed by atoms with van der Waals surface area (Å²) in [7, 11) is 1.70. The zero-order chi connectivity index (χ0) is 27.8. The molecule has 1 saturated carbocycles. The molecule has 6 atom stereocenters. The predicted molar refractivity (Wildman–Crippen MR) is 143 cm³/mol. The van der Waals surface area contributed by atoms with Crippen LogP contribution in [0, 0.1) is 11.8 Å². The Morgan fingerprint density at radius 2 is 1.74 bits per heavy atom. The summed E-state index contributed by atoms with van der Waals surface area (Å²) >= 11 is 0. The van der Waals surface area contributed by atoms with Crippen LogP contribution >= 0.6 is 0 Å². The lowest BCUT2D eigenvalue weighted by Gasteiger charge is -2.43. The molecule has 0 radical (unpaired) electrons. The van der Waals surface area contributed by atoms with Crippen molar-refractivity contribution in [3.63, 3.8) is 0 Å². The maximum absolute atomic E-state index is 13.2. The fraction of sp³-hybridized carbons (Fsp3) is 0.897. The molecule has 1 aliphatic carbocycles. The Bertz CT molecular complexity index is 882. The minimum atomic E-state index is -2.27. The lowest BCUT2D eigenvalue weighted by Crippen LogP contribution is -2.56.